The van der Waals surface area contributed by atoms with E-state index >= 15 is 0 Å². The number of rotatable bonds is 5. The fourth-order valence-electron chi connectivity index (χ4n) is 2.53. The number of hydrogen-bond donors (Lipinski definition) is 1. The molecule has 0 aliphatic carbocycles. The molecule has 28 heavy (non-hydrogen) atoms. The van der Waals surface area contributed by atoms with E-state index in [1.165, 1.54) is 12.1 Å². The van der Waals surface area contributed by atoms with E-state index in [0.717, 1.165) is 17.7 Å². The summed E-state index contributed by atoms with van der Waals surface area (Å²) < 4.78 is 43.5. The van der Waals surface area contributed by atoms with Crippen molar-refractivity contribution in [3.8, 4) is 17.5 Å². The number of hydrogen-bond acceptors (Lipinski definition) is 5. The van der Waals surface area contributed by atoms with E-state index in [9.17, 15) is 18.0 Å². The maximum atomic E-state index is 12.7. The first kappa shape index (κ1) is 19.1. The molecule has 2 aromatic carbocycles. The summed E-state index contributed by atoms with van der Waals surface area (Å²) in [6.45, 7) is -0.193. The number of alkyl halides is 3. The SMILES string of the molecule is N#CCNC(=O)c1nnc(-c2ccccc2Cc2ccc(C(F)(F)F)cc2)o1. The lowest BCUT2D eigenvalue weighted by Crippen LogP contribution is -2.23. The van der Waals surface area contributed by atoms with Gasteiger partial charge >= 0.3 is 18.0 Å². The molecule has 1 N–H and O–H groups in total. The Morgan fingerprint density at radius 3 is 2.50 bits per heavy atom. The predicted octanol–water partition coefficient (Wildman–Crippen LogP) is 3.60. The van der Waals surface area contributed by atoms with Crippen LogP contribution in [-0.4, -0.2) is 22.6 Å². The summed E-state index contributed by atoms with van der Waals surface area (Å²) in [4.78, 5) is 11.8. The van der Waals surface area contributed by atoms with Gasteiger partial charge in [-0.3, -0.25) is 4.79 Å². The van der Waals surface area contributed by atoms with E-state index in [0.29, 0.717) is 17.5 Å². The maximum Gasteiger partial charge on any atom is 0.416 e. The van der Waals surface area contributed by atoms with Crippen molar-refractivity contribution in [2.24, 2.45) is 0 Å². The first-order chi connectivity index (χ1) is 13.4. The van der Waals surface area contributed by atoms with Gasteiger partial charge in [0, 0.05) is 5.56 Å². The van der Waals surface area contributed by atoms with Gasteiger partial charge in [0.25, 0.3) is 0 Å². The molecule has 6 nitrogen and oxygen atoms in total. The molecule has 0 aliphatic heterocycles. The zero-order chi connectivity index (χ0) is 20.1. The van der Waals surface area contributed by atoms with Crippen LogP contribution in [0.25, 0.3) is 11.5 Å². The fraction of sp³-hybridized carbons (Fsp3) is 0.158. The minimum atomic E-state index is -4.39. The molecule has 1 aromatic heterocycles. The third-order valence-electron chi connectivity index (χ3n) is 3.87. The van der Waals surface area contributed by atoms with Crippen molar-refractivity contribution < 1.29 is 22.4 Å². The van der Waals surface area contributed by atoms with Gasteiger partial charge in [-0.05, 0) is 35.7 Å². The number of amides is 1. The highest BCUT2D eigenvalue weighted by atomic mass is 19.4. The topological polar surface area (TPSA) is 91.8 Å². The molecule has 0 fully saturated rings. The molecule has 0 radical (unpaired) electrons. The van der Waals surface area contributed by atoms with Gasteiger partial charge < -0.3 is 9.73 Å². The zero-order valence-electron chi connectivity index (χ0n) is 14.3. The van der Waals surface area contributed by atoms with Gasteiger partial charge in [-0.2, -0.15) is 18.4 Å². The Morgan fingerprint density at radius 2 is 1.82 bits per heavy atom. The predicted molar refractivity (Wildman–Crippen MR) is 91.9 cm³/mol. The number of carbonyl (C=O) groups is 1. The van der Waals surface area contributed by atoms with Crippen LogP contribution in [0.1, 0.15) is 27.4 Å². The smallest absolute Gasteiger partial charge is 0.412 e. The summed E-state index contributed by atoms with van der Waals surface area (Å²) >= 11 is 0. The molecule has 1 amide bonds. The van der Waals surface area contributed by atoms with Gasteiger partial charge in [0.15, 0.2) is 0 Å². The van der Waals surface area contributed by atoms with Crippen LogP contribution in [0, 0.1) is 11.3 Å². The van der Waals surface area contributed by atoms with Crippen LogP contribution in [0.15, 0.2) is 52.9 Å². The Bertz CT molecular complexity index is 1020. The number of halogens is 3. The molecule has 0 saturated heterocycles. The van der Waals surface area contributed by atoms with Crippen LogP contribution in [-0.2, 0) is 12.6 Å². The maximum absolute atomic E-state index is 12.7. The van der Waals surface area contributed by atoms with Crippen molar-refractivity contribution in [2.45, 2.75) is 12.6 Å². The van der Waals surface area contributed by atoms with Gasteiger partial charge in [0.2, 0.25) is 5.89 Å². The number of nitrogens with one attached hydrogen (secondary N) is 1. The van der Waals surface area contributed by atoms with Gasteiger partial charge in [0.1, 0.15) is 6.54 Å². The Balaban J connectivity index is 1.83. The van der Waals surface area contributed by atoms with Gasteiger partial charge in [-0.1, -0.05) is 30.3 Å². The van der Waals surface area contributed by atoms with Crippen LogP contribution in [0.3, 0.4) is 0 Å². The van der Waals surface area contributed by atoms with Crippen molar-refractivity contribution in [3.05, 3.63) is 71.1 Å². The summed E-state index contributed by atoms with van der Waals surface area (Å²) in [6.07, 6.45) is -4.05. The molecular formula is C19H13F3N4O2. The molecule has 0 saturated carbocycles. The highest BCUT2D eigenvalue weighted by Gasteiger charge is 2.30. The number of aromatic nitrogens is 2. The van der Waals surface area contributed by atoms with Crippen LogP contribution in [0.4, 0.5) is 13.2 Å². The largest absolute Gasteiger partial charge is 0.416 e. The third-order valence-corrected chi connectivity index (χ3v) is 3.87. The Kier molecular flexibility index (Phi) is 5.40. The molecule has 3 rings (SSSR count). The minimum absolute atomic E-state index is 0.101. The highest BCUT2D eigenvalue weighted by Crippen LogP contribution is 2.30. The molecule has 142 valence electrons. The molecule has 0 atom stereocenters. The third kappa shape index (κ3) is 4.35. The number of nitrogens with zero attached hydrogens (tertiary/aromatic N) is 3. The summed E-state index contributed by atoms with van der Waals surface area (Å²) in [7, 11) is 0. The number of nitriles is 1. The average Bonchev–Trinajstić information content (AvgIpc) is 3.16. The monoisotopic (exact) mass is 386 g/mol. The Hall–Kier alpha value is -3.67. The molecule has 0 bridgehead atoms. The Labute approximate surface area is 157 Å². The van der Waals surface area contributed by atoms with Crippen molar-refractivity contribution in [1.29, 1.82) is 5.26 Å². The number of carbonyl (C=O) groups excluding carboxylic acids is 1. The second-order valence-corrected chi connectivity index (χ2v) is 5.78. The lowest BCUT2D eigenvalue weighted by atomic mass is 9.99. The first-order valence-corrected chi connectivity index (χ1v) is 8.11. The summed E-state index contributed by atoms with van der Waals surface area (Å²) in [5.41, 5.74) is 1.27. The first-order valence-electron chi connectivity index (χ1n) is 8.11. The molecule has 3 aromatic rings. The molecule has 9 heteroatoms. The Morgan fingerprint density at radius 1 is 1.11 bits per heavy atom. The standard InChI is InChI=1S/C19H13F3N4O2/c20-19(21,22)14-7-5-12(6-8-14)11-13-3-1-2-4-15(13)17-25-26-18(28-17)16(27)24-10-9-23/h1-8H,10-11H2,(H,24,27). The van der Waals surface area contributed by atoms with Gasteiger partial charge in [-0.15, -0.1) is 10.2 Å². The second-order valence-electron chi connectivity index (χ2n) is 5.78. The van der Waals surface area contributed by atoms with Crippen molar-refractivity contribution in [1.82, 2.24) is 15.5 Å². The zero-order valence-corrected chi connectivity index (χ0v) is 14.3. The summed E-state index contributed by atoms with van der Waals surface area (Å²) in [6, 6.07) is 13.7. The van der Waals surface area contributed by atoms with Crippen molar-refractivity contribution in [3.63, 3.8) is 0 Å². The van der Waals surface area contributed by atoms with E-state index in [4.69, 9.17) is 9.68 Å². The van der Waals surface area contributed by atoms with Gasteiger partial charge in [-0.25, -0.2) is 0 Å². The normalized spacial score (nSPS) is 11.1. The van der Waals surface area contributed by atoms with Crippen LogP contribution >= 0.6 is 0 Å². The van der Waals surface area contributed by atoms with Gasteiger partial charge in [0.05, 0.1) is 11.6 Å². The fourth-order valence-corrected chi connectivity index (χ4v) is 2.53. The molecule has 0 spiro atoms. The van der Waals surface area contributed by atoms with Crippen molar-refractivity contribution in [2.75, 3.05) is 6.54 Å². The highest BCUT2D eigenvalue weighted by molar-refractivity contribution is 5.89. The van der Waals surface area contributed by atoms with Crippen molar-refractivity contribution >= 4 is 5.91 Å². The van der Waals surface area contributed by atoms with E-state index in [2.05, 4.69) is 15.5 Å². The lowest BCUT2D eigenvalue weighted by Gasteiger charge is -2.09. The summed E-state index contributed by atoms with van der Waals surface area (Å²) in [5.74, 6) is -0.847. The molecular weight excluding hydrogens is 373 g/mol. The second kappa shape index (κ2) is 7.92. The quantitative estimate of drug-likeness (QED) is 0.677. The lowest BCUT2D eigenvalue weighted by molar-refractivity contribution is -0.137. The van der Waals surface area contributed by atoms with Crippen LogP contribution in [0.2, 0.25) is 0 Å². The molecule has 1 heterocycles. The molecule has 0 unspecified atom stereocenters. The van der Waals surface area contributed by atoms with E-state index in [1.807, 2.05) is 0 Å². The average molecular weight is 386 g/mol. The van der Waals surface area contributed by atoms with E-state index in [1.54, 1.807) is 30.3 Å². The minimum Gasteiger partial charge on any atom is -0.412 e. The van der Waals surface area contributed by atoms with Crippen LogP contribution in [0.5, 0.6) is 0 Å². The van der Waals surface area contributed by atoms with E-state index < -0.39 is 17.6 Å². The van der Waals surface area contributed by atoms with Crippen LogP contribution < -0.4 is 5.32 Å². The van der Waals surface area contributed by atoms with E-state index in [-0.39, 0.29) is 18.3 Å². The molecule has 0 aliphatic rings. The summed E-state index contributed by atoms with van der Waals surface area (Å²) in [5, 5.41) is 18.3. The number of benzene rings is 2.